The van der Waals surface area contributed by atoms with E-state index < -0.39 is 0 Å². The molecule has 0 spiro atoms. The molecular weight excluding hydrogens is 168 g/mol. The van der Waals surface area contributed by atoms with Crippen molar-refractivity contribution in [1.82, 2.24) is 0 Å². The first-order valence-electron chi connectivity index (χ1n) is 5.19. The summed E-state index contributed by atoms with van der Waals surface area (Å²) in [6.45, 7) is 5.79. The maximum Gasteiger partial charge on any atom is -0.0348 e. The van der Waals surface area contributed by atoms with E-state index in [1.165, 1.54) is 19.3 Å². The zero-order valence-electron chi connectivity index (χ0n) is 9.02. The Morgan fingerprint density at radius 1 is 0.857 bits per heavy atom. The molecule has 0 aromatic carbocycles. The summed E-state index contributed by atoms with van der Waals surface area (Å²) in [7, 11) is 0. The molecule has 0 rings (SSSR count). The van der Waals surface area contributed by atoms with Gasteiger partial charge in [-0.15, -0.1) is 0 Å². The number of rotatable bonds is 7. The van der Waals surface area contributed by atoms with E-state index in [2.05, 4.69) is 25.7 Å². The van der Waals surface area contributed by atoms with Crippen molar-refractivity contribution in [3.63, 3.8) is 0 Å². The van der Waals surface area contributed by atoms with Crippen LogP contribution in [-0.2, 0) is 0 Å². The molecule has 0 amide bonds. The molecule has 0 saturated heterocycles. The zero-order chi connectivity index (χ0) is 10.5. The predicted octanol–water partition coefficient (Wildman–Crippen LogP) is 4.59. The lowest BCUT2D eigenvalue weighted by molar-refractivity contribution is 0.815. The van der Waals surface area contributed by atoms with Gasteiger partial charge in [-0.1, -0.05) is 81.0 Å². The summed E-state index contributed by atoms with van der Waals surface area (Å²) in [5, 5.41) is 0. The van der Waals surface area contributed by atoms with Crippen molar-refractivity contribution in [2.24, 2.45) is 0 Å². The molecule has 0 heterocycles. The van der Waals surface area contributed by atoms with Crippen LogP contribution < -0.4 is 0 Å². The van der Waals surface area contributed by atoms with Crippen LogP contribution in [0, 0.1) is 0 Å². The van der Waals surface area contributed by atoms with Crippen molar-refractivity contribution in [3.05, 3.63) is 61.3 Å². The van der Waals surface area contributed by atoms with Crippen LogP contribution in [0.5, 0.6) is 0 Å². The van der Waals surface area contributed by atoms with Crippen LogP contribution >= 0.6 is 0 Å². The van der Waals surface area contributed by atoms with Gasteiger partial charge < -0.3 is 0 Å². The summed E-state index contributed by atoms with van der Waals surface area (Å²) < 4.78 is 0. The van der Waals surface area contributed by atoms with E-state index >= 15 is 0 Å². The third kappa shape index (κ3) is 10.7. The molecule has 14 heavy (non-hydrogen) atoms. The average molecular weight is 188 g/mol. The molecule has 0 atom stereocenters. The Kier molecular flexibility index (Phi) is 10.6. The molecule has 0 aliphatic heterocycles. The van der Waals surface area contributed by atoms with Gasteiger partial charge in [0.05, 0.1) is 0 Å². The van der Waals surface area contributed by atoms with Crippen LogP contribution in [0.15, 0.2) is 61.3 Å². The molecular formula is C14H20. The lowest BCUT2D eigenvalue weighted by Gasteiger charge is -1.84. The summed E-state index contributed by atoms with van der Waals surface area (Å²) in [5.41, 5.74) is 0. The highest BCUT2D eigenvalue weighted by Crippen LogP contribution is 1.94. The standard InChI is InChI=1S/C14H20/c1-3-5-7-9-11-13-14-12-10-8-6-4-2/h3,5,7,9-14H,1,4,6,8H2,2H3/b7-5+,11-9+,12-10+,14-13+. The molecule has 0 saturated carbocycles. The maximum atomic E-state index is 3.59. The normalized spacial score (nSPS) is 12.6. The highest BCUT2D eigenvalue weighted by Gasteiger charge is 1.74. The summed E-state index contributed by atoms with van der Waals surface area (Å²) in [5.74, 6) is 0. The number of hydrogen-bond acceptors (Lipinski definition) is 0. The molecule has 0 unspecified atom stereocenters. The third-order valence-corrected chi connectivity index (χ3v) is 1.66. The van der Waals surface area contributed by atoms with Crippen molar-refractivity contribution in [1.29, 1.82) is 0 Å². The Labute approximate surface area is 88.0 Å². The van der Waals surface area contributed by atoms with Crippen LogP contribution in [0.2, 0.25) is 0 Å². The van der Waals surface area contributed by atoms with Crippen LogP contribution in [0.25, 0.3) is 0 Å². The van der Waals surface area contributed by atoms with Gasteiger partial charge in [0.25, 0.3) is 0 Å². The van der Waals surface area contributed by atoms with E-state index in [-0.39, 0.29) is 0 Å². The van der Waals surface area contributed by atoms with Crippen molar-refractivity contribution in [2.45, 2.75) is 26.2 Å². The van der Waals surface area contributed by atoms with Crippen molar-refractivity contribution >= 4 is 0 Å². The fourth-order valence-electron chi connectivity index (χ4n) is 0.896. The Morgan fingerprint density at radius 3 is 2.00 bits per heavy atom. The fourth-order valence-corrected chi connectivity index (χ4v) is 0.896. The molecule has 0 nitrogen and oxygen atoms in total. The Balaban J connectivity index is 3.52. The van der Waals surface area contributed by atoms with Crippen LogP contribution in [0.4, 0.5) is 0 Å². The molecule has 0 aromatic heterocycles. The highest BCUT2D eigenvalue weighted by atomic mass is 13.8. The largest absolute Gasteiger partial charge is 0.0991 e. The maximum absolute atomic E-state index is 3.59. The molecule has 76 valence electrons. The Morgan fingerprint density at radius 2 is 1.43 bits per heavy atom. The van der Waals surface area contributed by atoms with E-state index in [1.54, 1.807) is 6.08 Å². The predicted molar refractivity (Wildman–Crippen MR) is 66.3 cm³/mol. The van der Waals surface area contributed by atoms with E-state index in [9.17, 15) is 0 Å². The van der Waals surface area contributed by atoms with E-state index in [0.717, 1.165) is 0 Å². The van der Waals surface area contributed by atoms with Crippen LogP contribution in [-0.4, -0.2) is 0 Å². The first kappa shape index (κ1) is 12.7. The smallest absolute Gasteiger partial charge is 0.0348 e. The second-order valence-electron chi connectivity index (χ2n) is 2.96. The molecule has 0 aliphatic carbocycles. The van der Waals surface area contributed by atoms with Crippen LogP contribution in [0.3, 0.4) is 0 Å². The van der Waals surface area contributed by atoms with Crippen LogP contribution in [0.1, 0.15) is 26.2 Å². The zero-order valence-corrected chi connectivity index (χ0v) is 9.02. The van der Waals surface area contributed by atoms with Gasteiger partial charge in [0, 0.05) is 0 Å². The second-order valence-corrected chi connectivity index (χ2v) is 2.96. The number of allylic oxidation sites excluding steroid dienone is 9. The summed E-state index contributed by atoms with van der Waals surface area (Å²) in [6, 6.07) is 0. The van der Waals surface area contributed by atoms with Crippen molar-refractivity contribution < 1.29 is 0 Å². The van der Waals surface area contributed by atoms with Gasteiger partial charge in [0.1, 0.15) is 0 Å². The topological polar surface area (TPSA) is 0 Å². The van der Waals surface area contributed by atoms with Gasteiger partial charge >= 0.3 is 0 Å². The highest BCUT2D eigenvalue weighted by molar-refractivity contribution is 5.17. The van der Waals surface area contributed by atoms with Gasteiger partial charge in [-0.25, -0.2) is 0 Å². The Hall–Kier alpha value is -1.30. The fraction of sp³-hybridized carbons (Fsp3) is 0.286. The van der Waals surface area contributed by atoms with Crippen molar-refractivity contribution in [2.75, 3.05) is 0 Å². The Bertz CT molecular complexity index is 226. The van der Waals surface area contributed by atoms with Gasteiger partial charge in [-0.2, -0.15) is 0 Å². The lowest BCUT2D eigenvalue weighted by Crippen LogP contribution is -1.64. The average Bonchev–Trinajstić information content (AvgIpc) is 2.21. The van der Waals surface area contributed by atoms with E-state index in [1.807, 2.05) is 36.5 Å². The first-order chi connectivity index (χ1) is 6.91. The lowest BCUT2D eigenvalue weighted by atomic mass is 10.2. The number of hydrogen-bond donors (Lipinski definition) is 0. The number of unbranched alkanes of at least 4 members (excludes halogenated alkanes) is 2. The minimum absolute atomic E-state index is 1.18. The summed E-state index contributed by atoms with van der Waals surface area (Å²) >= 11 is 0. The molecule has 0 radical (unpaired) electrons. The van der Waals surface area contributed by atoms with E-state index in [4.69, 9.17) is 0 Å². The molecule has 0 aliphatic rings. The summed E-state index contributed by atoms with van der Waals surface area (Å²) in [4.78, 5) is 0. The third-order valence-electron chi connectivity index (χ3n) is 1.66. The van der Waals surface area contributed by atoms with Gasteiger partial charge in [-0.05, 0) is 6.42 Å². The second kappa shape index (κ2) is 11.7. The summed E-state index contributed by atoms with van der Waals surface area (Å²) in [6.07, 6.45) is 21.7. The molecule has 0 fully saturated rings. The van der Waals surface area contributed by atoms with Gasteiger partial charge in [-0.3, -0.25) is 0 Å². The molecule has 0 aromatic rings. The van der Waals surface area contributed by atoms with E-state index in [0.29, 0.717) is 0 Å². The molecule has 0 N–H and O–H groups in total. The SMILES string of the molecule is C=C/C=C/C=C/C=C/C=C/CCCC. The first-order valence-corrected chi connectivity index (χ1v) is 5.19. The minimum atomic E-state index is 1.18. The van der Waals surface area contributed by atoms with Crippen molar-refractivity contribution in [3.8, 4) is 0 Å². The monoisotopic (exact) mass is 188 g/mol. The quantitative estimate of drug-likeness (QED) is 0.405. The molecule has 0 bridgehead atoms. The minimum Gasteiger partial charge on any atom is -0.0991 e. The van der Waals surface area contributed by atoms with Gasteiger partial charge in [0.15, 0.2) is 0 Å². The molecule has 0 heteroatoms. The van der Waals surface area contributed by atoms with Gasteiger partial charge in [0.2, 0.25) is 0 Å².